The molecule has 0 saturated carbocycles. The van der Waals surface area contributed by atoms with E-state index >= 15 is 0 Å². The Morgan fingerprint density at radius 2 is 2.17 bits per heavy atom. The van der Waals surface area contributed by atoms with Crippen molar-refractivity contribution in [3.05, 3.63) is 23.9 Å². The van der Waals surface area contributed by atoms with Crippen LogP contribution in [0, 0.1) is 11.8 Å². The standard InChI is InChI=1S/C17H22N4O8/c18-16-10(3-1-2-6-21(28)13(24)4-5-15(25)26)8-20(17(27)19-16)14-7-11(23)12(9-22)29-14/h4-5,8,11-12,14,16,22-23,28H,2,6-7,9,18H2,(H,19,27)(H,25,26)/b5-4+/t11-,12?,14?,16?/m0/s1. The summed E-state index contributed by atoms with van der Waals surface area (Å²) in [5.41, 5.74) is 6.16. The van der Waals surface area contributed by atoms with Crippen molar-refractivity contribution >= 4 is 17.9 Å². The lowest BCUT2D eigenvalue weighted by molar-refractivity contribution is -0.159. The van der Waals surface area contributed by atoms with E-state index in [1.807, 2.05) is 0 Å². The van der Waals surface area contributed by atoms with Crippen molar-refractivity contribution in [3.63, 3.8) is 0 Å². The van der Waals surface area contributed by atoms with Crippen LogP contribution in [0.1, 0.15) is 12.8 Å². The SMILES string of the molecule is NC1NC(=O)N(C2C[C@H](O)C(CO)O2)C=C1C#CCCN(O)C(=O)/C=C/C(=O)O. The van der Waals surface area contributed by atoms with E-state index in [9.17, 15) is 24.7 Å². The van der Waals surface area contributed by atoms with E-state index in [1.165, 1.54) is 11.1 Å². The molecule has 7 N–H and O–H groups in total. The highest BCUT2D eigenvalue weighted by atomic mass is 16.5. The van der Waals surface area contributed by atoms with E-state index in [0.29, 0.717) is 22.8 Å². The molecule has 0 bridgehead atoms. The van der Waals surface area contributed by atoms with E-state index in [0.717, 1.165) is 0 Å². The number of hydrogen-bond acceptors (Lipinski definition) is 8. The van der Waals surface area contributed by atoms with E-state index in [2.05, 4.69) is 17.2 Å². The number of nitrogens with two attached hydrogens (primary N) is 1. The highest BCUT2D eigenvalue weighted by Crippen LogP contribution is 2.25. The lowest BCUT2D eigenvalue weighted by Crippen LogP contribution is -2.54. The molecule has 0 aromatic heterocycles. The molecule has 29 heavy (non-hydrogen) atoms. The Kier molecular flexibility index (Phi) is 7.71. The first kappa shape index (κ1) is 22.3. The molecule has 3 amide bonds. The summed E-state index contributed by atoms with van der Waals surface area (Å²) in [5.74, 6) is 3.19. The van der Waals surface area contributed by atoms with Gasteiger partial charge in [0.1, 0.15) is 18.5 Å². The first-order valence-corrected chi connectivity index (χ1v) is 8.63. The molecule has 0 aromatic carbocycles. The molecule has 12 heteroatoms. The number of carboxylic acids is 1. The van der Waals surface area contributed by atoms with Crippen LogP contribution in [-0.2, 0) is 14.3 Å². The van der Waals surface area contributed by atoms with Gasteiger partial charge >= 0.3 is 12.0 Å². The number of aliphatic carboxylic acids is 1. The van der Waals surface area contributed by atoms with Crippen molar-refractivity contribution in [1.29, 1.82) is 0 Å². The fraction of sp³-hybridized carbons (Fsp3) is 0.471. The molecule has 0 spiro atoms. The minimum atomic E-state index is -1.32. The largest absolute Gasteiger partial charge is 0.478 e. The summed E-state index contributed by atoms with van der Waals surface area (Å²) in [6.07, 6.45) is -0.542. The Bertz CT molecular complexity index is 771. The summed E-state index contributed by atoms with van der Waals surface area (Å²) in [5, 5.41) is 39.8. The van der Waals surface area contributed by atoms with E-state index in [-0.39, 0.29) is 26.0 Å². The molecule has 0 aliphatic carbocycles. The zero-order valence-corrected chi connectivity index (χ0v) is 15.3. The minimum Gasteiger partial charge on any atom is -0.478 e. The molecule has 158 valence electrons. The van der Waals surface area contributed by atoms with Crippen LogP contribution in [-0.4, -0.2) is 86.2 Å². The van der Waals surface area contributed by atoms with Crippen molar-refractivity contribution in [2.75, 3.05) is 13.2 Å². The topological polar surface area (TPSA) is 186 Å². The summed E-state index contributed by atoms with van der Waals surface area (Å²) in [6, 6.07) is -0.545. The number of nitrogens with one attached hydrogen (secondary N) is 1. The van der Waals surface area contributed by atoms with Gasteiger partial charge in [0.15, 0.2) is 0 Å². The van der Waals surface area contributed by atoms with Gasteiger partial charge in [-0.3, -0.25) is 14.9 Å². The highest BCUT2D eigenvalue weighted by Gasteiger charge is 2.39. The molecule has 1 saturated heterocycles. The maximum atomic E-state index is 12.1. The molecule has 0 aromatic rings. The number of hydroxylamine groups is 2. The Morgan fingerprint density at radius 1 is 1.45 bits per heavy atom. The molecule has 4 atom stereocenters. The van der Waals surface area contributed by atoms with Gasteiger partial charge in [0, 0.05) is 31.2 Å². The molecule has 2 heterocycles. The number of carbonyl (C=O) groups excluding carboxylic acids is 2. The number of rotatable bonds is 6. The van der Waals surface area contributed by atoms with Crippen molar-refractivity contribution in [2.24, 2.45) is 5.73 Å². The normalized spacial score (nSPS) is 26.6. The minimum absolute atomic E-state index is 0.0480. The molecular formula is C17H22N4O8. The third-order valence-corrected chi connectivity index (χ3v) is 4.13. The zero-order chi connectivity index (χ0) is 21.6. The van der Waals surface area contributed by atoms with Gasteiger partial charge in [0.05, 0.1) is 24.8 Å². The van der Waals surface area contributed by atoms with Crippen molar-refractivity contribution < 1.29 is 39.6 Å². The number of hydrogen-bond donors (Lipinski definition) is 6. The molecule has 2 rings (SSSR count). The van der Waals surface area contributed by atoms with Gasteiger partial charge in [-0.25, -0.2) is 14.7 Å². The Balaban J connectivity index is 1.98. The lowest BCUT2D eigenvalue weighted by Gasteiger charge is -2.31. The van der Waals surface area contributed by atoms with Crippen molar-refractivity contribution in [1.82, 2.24) is 15.3 Å². The van der Waals surface area contributed by atoms with Crippen LogP contribution in [0.2, 0.25) is 0 Å². The van der Waals surface area contributed by atoms with Gasteiger partial charge in [-0.15, -0.1) is 0 Å². The van der Waals surface area contributed by atoms with Crippen LogP contribution in [0.4, 0.5) is 4.79 Å². The average molecular weight is 410 g/mol. The monoisotopic (exact) mass is 410 g/mol. The number of aliphatic hydroxyl groups is 2. The van der Waals surface area contributed by atoms with Crippen LogP contribution < -0.4 is 11.1 Å². The number of amides is 3. The van der Waals surface area contributed by atoms with E-state index in [1.54, 1.807) is 0 Å². The zero-order valence-electron chi connectivity index (χ0n) is 15.3. The Morgan fingerprint density at radius 3 is 2.79 bits per heavy atom. The third kappa shape index (κ3) is 6.01. The fourth-order valence-corrected chi connectivity index (χ4v) is 2.61. The average Bonchev–Trinajstić information content (AvgIpc) is 3.04. The molecular weight excluding hydrogens is 388 g/mol. The summed E-state index contributed by atoms with van der Waals surface area (Å²) >= 11 is 0. The summed E-state index contributed by atoms with van der Waals surface area (Å²) in [7, 11) is 0. The van der Waals surface area contributed by atoms with E-state index < -0.39 is 42.5 Å². The van der Waals surface area contributed by atoms with Gasteiger partial charge in [-0.1, -0.05) is 11.8 Å². The second-order valence-corrected chi connectivity index (χ2v) is 6.22. The van der Waals surface area contributed by atoms with Crippen molar-refractivity contribution in [3.8, 4) is 11.8 Å². The Labute approximate surface area is 165 Å². The number of carboxylic acid groups (broad SMARTS) is 1. The van der Waals surface area contributed by atoms with Gasteiger partial charge in [-0.05, 0) is 0 Å². The second kappa shape index (κ2) is 10.0. The quantitative estimate of drug-likeness (QED) is 0.123. The second-order valence-electron chi connectivity index (χ2n) is 6.22. The van der Waals surface area contributed by atoms with Crippen LogP contribution in [0.3, 0.4) is 0 Å². The molecule has 2 aliphatic heterocycles. The van der Waals surface area contributed by atoms with Gasteiger partial charge in [0.25, 0.3) is 5.91 Å². The van der Waals surface area contributed by atoms with Crippen LogP contribution in [0.15, 0.2) is 23.9 Å². The summed E-state index contributed by atoms with van der Waals surface area (Å²) in [4.78, 5) is 35.1. The first-order chi connectivity index (χ1) is 13.7. The molecule has 0 radical (unpaired) electrons. The Hall–Kier alpha value is -2.95. The fourth-order valence-electron chi connectivity index (χ4n) is 2.61. The van der Waals surface area contributed by atoms with Crippen LogP contribution in [0.25, 0.3) is 0 Å². The summed E-state index contributed by atoms with van der Waals surface area (Å²) in [6.45, 7) is -0.564. The first-order valence-electron chi connectivity index (χ1n) is 8.63. The third-order valence-electron chi connectivity index (χ3n) is 4.13. The molecule has 1 fully saturated rings. The van der Waals surface area contributed by atoms with E-state index in [4.69, 9.17) is 20.7 Å². The number of nitrogens with zero attached hydrogens (tertiary/aromatic N) is 2. The number of aliphatic hydroxyl groups excluding tert-OH is 2. The predicted molar refractivity (Wildman–Crippen MR) is 95.5 cm³/mol. The summed E-state index contributed by atoms with van der Waals surface area (Å²) < 4.78 is 5.45. The smallest absolute Gasteiger partial charge is 0.328 e. The van der Waals surface area contributed by atoms with Gasteiger partial charge in [0.2, 0.25) is 0 Å². The van der Waals surface area contributed by atoms with Crippen molar-refractivity contribution in [2.45, 2.75) is 37.4 Å². The maximum Gasteiger partial charge on any atom is 0.328 e. The number of ether oxygens (including phenoxy) is 1. The van der Waals surface area contributed by atoms with Crippen LogP contribution >= 0.6 is 0 Å². The predicted octanol–water partition coefficient (Wildman–Crippen LogP) is -2.10. The lowest BCUT2D eigenvalue weighted by atomic mass is 10.1. The molecule has 2 aliphatic rings. The highest BCUT2D eigenvalue weighted by molar-refractivity contribution is 5.93. The maximum absolute atomic E-state index is 12.1. The van der Waals surface area contributed by atoms with Gasteiger partial charge in [-0.2, -0.15) is 0 Å². The van der Waals surface area contributed by atoms with Gasteiger partial charge < -0.3 is 31.1 Å². The van der Waals surface area contributed by atoms with Crippen LogP contribution in [0.5, 0.6) is 0 Å². The number of urea groups is 1. The number of carbonyl (C=O) groups is 3. The molecule has 12 nitrogen and oxygen atoms in total. The molecule has 3 unspecified atom stereocenters.